The number of hydrogen-bond donors (Lipinski definition) is 0. The van der Waals surface area contributed by atoms with Crippen molar-refractivity contribution < 1.29 is 0 Å². The summed E-state index contributed by atoms with van der Waals surface area (Å²) in [4.78, 5) is 10.0. The number of thiazole rings is 1. The van der Waals surface area contributed by atoms with Gasteiger partial charge in [0.2, 0.25) is 0 Å². The maximum Gasteiger partial charge on any atom is 0.190 e. The molecule has 4 aromatic rings. The van der Waals surface area contributed by atoms with Gasteiger partial charge in [-0.05, 0) is 31.0 Å². The van der Waals surface area contributed by atoms with Crippen molar-refractivity contribution in [2.24, 2.45) is 4.99 Å². The van der Waals surface area contributed by atoms with Crippen molar-refractivity contribution in [3.05, 3.63) is 89.1 Å². The molecular weight excluding hydrogens is 352 g/mol. The van der Waals surface area contributed by atoms with Gasteiger partial charge in [-0.1, -0.05) is 48.0 Å². The van der Waals surface area contributed by atoms with E-state index in [2.05, 4.69) is 50.7 Å². The molecule has 2 aromatic heterocycles. The lowest BCUT2D eigenvalue weighted by molar-refractivity contribution is 0.559. The quantitative estimate of drug-likeness (QED) is 0.465. The zero-order valence-corrected chi connectivity index (χ0v) is 16.1. The molecule has 0 amide bonds. The third-order valence-electron chi connectivity index (χ3n) is 4.48. The Morgan fingerprint density at radius 1 is 1.00 bits per heavy atom. The molecule has 2 aromatic carbocycles. The topological polar surface area (TPSA) is 35.1 Å². The first-order valence-electron chi connectivity index (χ1n) is 9.10. The standard InChI is InChI=1S/C22H22N4S/c1-18-8-10-19(11-9-18)21-16-27-22(24-20-6-3-2-4-7-20)26(21)14-5-13-25-15-12-23-17-25/h2-4,6-12,15-17H,5,13-14H2,1H3. The van der Waals surface area contributed by atoms with Gasteiger partial charge in [0.15, 0.2) is 4.80 Å². The van der Waals surface area contributed by atoms with Crippen LogP contribution >= 0.6 is 11.3 Å². The normalized spacial score (nSPS) is 11.8. The van der Waals surface area contributed by atoms with Crippen molar-refractivity contribution in [2.45, 2.75) is 26.4 Å². The summed E-state index contributed by atoms with van der Waals surface area (Å²) in [6, 6.07) is 18.9. The smallest absolute Gasteiger partial charge is 0.190 e. The van der Waals surface area contributed by atoms with E-state index in [0.717, 1.165) is 30.0 Å². The highest BCUT2D eigenvalue weighted by atomic mass is 32.1. The average Bonchev–Trinajstić information content (AvgIpc) is 3.34. The van der Waals surface area contributed by atoms with E-state index in [0.29, 0.717) is 0 Å². The Morgan fingerprint density at radius 3 is 2.56 bits per heavy atom. The number of hydrogen-bond acceptors (Lipinski definition) is 3. The second-order valence-corrected chi connectivity index (χ2v) is 7.36. The maximum absolute atomic E-state index is 4.88. The largest absolute Gasteiger partial charge is 0.337 e. The summed E-state index contributed by atoms with van der Waals surface area (Å²) >= 11 is 1.70. The molecule has 0 fully saturated rings. The predicted molar refractivity (Wildman–Crippen MR) is 111 cm³/mol. The van der Waals surface area contributed by atoms with E-state index in [1.54, 1.807) is 11.3 Å². The third-order valence-corrected chi connectivity index (χ3v) is 5.35. The molecule has 0 unspecified atom stereocenters. The fourth-order valence-electron chi connectivity index (χ4n) is 3.03. The van der Waals surface area contributed by atoms with Crippen LogP contribution in [0.15, 0.2) is 83.7 Å². The van der Waals surface area contributed by atoms with Crippen LogP contribution in [-0.4, -0.2) is 14.1 Å². The molecule has 0 saturated heterocycles. The molecule has 0 atom stereocenters. The minimum atomic E-state index is 0.913. The lowest BCUT2D eigenvalue weighted by Gasteiger charge is -2.10. The van der Waals surface area contributed by atoms with Crippen LogP contribution in [-0.2, 0) is 13.1 Å². The number of rotatable bonds is 6. The molecule has 0 aliphatic rings. The molecular formula is C22H22N4S. The summed E-state index contributed by atoms with van der Waals surface area (Å²) in [7, 11) is 0. The van der Waals surface area contributed by atoms with Gasteiger partial charge in [-0.2, -0.15) is 0 Å². The second-order valence-electron chi connectivity index (χ2n) is 6.52. The SMILES string of the molecule is Cc1ccc(-c2csc(=Nc3ccccc3)n2CCCn2ccnc2)cc1. The van der Waals surface area contributed by atoms with Crippen LogP contribution in [0.5, 0.6) is 0 Å². The van der Waals surface area contributed by atoms with Gasteiger partial charge in [-0.3, -0.25) is 0 Å². The molecule has 0 aliphatic heterocycles. The van der Waals surface area contributed by atoms with Crippen LogP contribution in [0, 0.1) is 6.92 Å². The lowest BCUT2D eigenvalue weighted by Crippen LogP contribution is -2.17. The van der Waals surface area contributed by atoms with Gasteiger partial charge in [0.05, 0.1) is 17.7 Å². The number of para-hydroxylation sites is 1. The van der Waals surface area contributed by atoms with Crippen LogP contribution in [0.25, 0.3) is 11.3 Å². The number of nitrogens with zero attached hydrogens (tertiary/aromatic N) is 4. The van der Waals surface area contributed by atoms with Crippen LogP contribution in [0.2, 0.25) is 0 Å². The van der Waals surface area contributed by atoms with Crippen LogP contribution in [0.1, 0.15) is 12.0 Å². The molecule has 2 heterocycles. The first-order valence-corrected chi connectivity index (χ1v) is 9.98. The minimum absolute atomic E-state index is 0.913. The summed E-state index contributed by atoms with van der Waals surface area (Å²) in [5.41, 5.74) is 4.71. The first-order chi connectivity index (χ1) is 13.3. The second kappa shape index (κ2) is 8.18. The van der Waals surface area contributed by atoms with Crippen molar-refractivity contribution in [2.75, 3.05) is 0 Å². The minimum Gasteiger partial charge on any atom is -0.337 e. The Hall–Kier alpha value is -2.92. The van der Waals surface area contributed by atoms with Crippen molar-refractivity contribution in [1.29, 1.82) is 0 Å². The predicted octanol–water partition coefficient (Wildman–Crippen LogP) is 5.04. The summed E-state index contributed by atoms with van der Waals surface area (Å²) < 4.78 is 4.45. The molecule has 0 bridgehead atoms. The van der Waals surface area contributed by atoms with E-state index in [-0.39, 0.29) is 0 Å². The number of aryl methyl sites for hydroxylation is 2. The van der Waals surface area contributed by atoms with Gasteiger partial charge in [-0.25, -0.2) is 9.98 Å². The third kappa shape index (κ3) is 4.26. The molecule has 5 heteroatoms. The maximum atomic E-state index is 4.88. The van der Waals surface area contributed by atoms with Crippen molar-refractivity contribution in [3.63, 3.8) is 0 Å². The van der Waals surface area contributed by atoms with Gasteiger partial charge in [0, 0.05) is 30.9 Å². The zero-order valence-electron chi connectivity index (χ0n) is 15.3. The Bertz CT molecular complexity index is 1040. The van der Waals surface area contributed by atoms with Gasteiger partial charge >= 0.3 is 0 Å². The fourth-order valence-corrected chi connectivity index (χ4v) is 3.99. The Kier molecular flexibility index (Phi) is 5.30. The molecule has 0 radical (unpaired) electrons. The number of imidazole rings is 1. The molecule has 0 spiro atoms. The summed E-state index contributed by atoms with van der Waals surface area (Å²) in [5.74, 6) is 0. The highest BCUT2D eigenvalue weighted by Gasteiger charge is 2.08. The zero-order chi connectivity index (χ0) is 18.5. The highest BCUT2D eigenvalue weighted by molar-refractivity contribution is 7.07. The Morgan fingerprint density at radius 2 is 1.81 bits per heavy atom. The van der Waals surface area contributed by atoms with Crippen LogP contribution < -0.4 is 4.80 Å². The summed E-state index contributed by atoms with van der Waals surface area (Å²) in [5, 5.41) is 2.21. The summed E-state index contributed by atoms with van der Waals surface area (Å²) in [6.07, 6.45) is 6.72. The molecule has 136 valence electrons. The fraction of sp³-hybridized carbons (Fsp3) is 0.182. The average molecular weight is 375 g/mol. The number of benzene rings is 2. The van der Waals surface area contributed by atoms with Crippen LogP contribution in [0.3, 0.4) is 0 Å². The van der Waals surface area contributed by atoms with E-state index >= 15 is 0 Å². The van der Waals surface area contributed by atoms with Crippen molar-refractivity contribution in [3.8, 4) is 11.3 Å². The molecule has 4 nitrogen and oxygen atoms in total. The highest BCUT2D eigenvalue weighted by Crippen LogP contribution is 2.22. The van der Waals surface area contributed by atoms with E-state index in [4.69, 9.17) is 4.99 Å². The van der Waals surface area contributed by atoms with Gasteiger partial charge in [0.1, 0.15) is 0 Å². The Labute approximate surface area is 163 Å². The molecule has 4 rings (SSSR count). The summed E-state index contributed by atoms with van der Waals surface area (Å²) in [6.45, 7) is 3.98. The Balaban J connectivity index is 1.68. The lowest BCUT2D eigenvalue weighted by atomic mass is 10.1. The van der Waals surface area contributed by atoms with Gasteiger partial charge in [0.25, 0.3) is 0 Å². The van der Waals surface area contributed by atoms with Gasteiger partial charge in [-0.15, -0.1) is 11.3 Å². The number of aromatic nitrogens is 3. The first kappa shape index (κ1) is 17.5. The van der Waals surface area contributed by atoms with Crippen LogP contribution in [0.4, 0.5) is 5.69 Å². The molecule has 0 saturated carbocycles. The van der Waals surface area contributed by atoms with E-state index in [1.807, 2.05) is 49.1 Å². The van der Waals surface area contributed by atoms with E-state index in [1.165, 1.54) is 16.8 Å². The molecule has 0 N–H and O–H groups in total. The van der Waals surface area contributed by atoms with Crippen molar-refractivity contribution in [1.82, 2.24) is 14.1 Å². The van der Waals surface area contributed by atoms with E-state index in [9.17, 15) is 0 Å². The molecule has 0 aliphatic carbocycles. The molecule has 27 heavy (non-hydrogen) atoms. The van der Waals surface area contributed by atoms with Gasteiger partial charge < -0.3 is 9.13 Å². The van der Waals surface area contributed by atoms with Crippen molar-refractivity contribution >= 4 is 17.0 Å². The monoisotopic (exact) mass is 374 g/mol. The van der Waals surface area contributed by atoms with E-state index < -0.39 is 0 Å².